The fraction of sp³-hybridized carbons (Fsp3) is 0.429. The van der Waals surface area contributed by atoms with Crippen molar-refractivity contribution in [2.24, 2.45) is 0 Å². The third-order valence-corrected chi connectivity index (χ3v) is 2.65. The highest BCUT2D eigenvalue weighted by Crippen LogP contribution is 2.22. The van der Waals surface area contributed by atoms with Gasteiger partial charge in [0.15, 0.2) is 0 Å². The van der Waals surface area contributed by atoms with E-state index in [1.807, 2.05) is 13.8 Å². The first-order valence-corrected chi connectivity index (χ1v) is 6.49. The molecule has 0 saturated carbocycles. The second-order valence-electron chi connectivity index (χ2n) is 4.80. The molecular formula is C14H20N2O4. The number of carbonyl (C=O) groups excluding carboxylic acids is 1. The standard InChI is InChI=1S/C14H20N2O4/c1-9(2)15-7-3-4-13(18)16-10-5-6-11(14(19)20)12(17)8-10/h5-6,8-9,15,17H,3-4,7H2,1-2H3,(H,16,18)(H,19,20). The Balaban J connectivity index is 2.46. The molecule has 110 valence electrons. The summed E-state index contributed by atoms with van der Waals surface area (Å²) in [5, 5.41) is 24.1. The highest BCUT2D eigenvalue weighted by molar-refractivity contribution is 5.94. The van der Waals surface area contributed by atoms with Crippen molar-refractivity contribution in [2.75, 3.05) is 11.9 Å². The highest BCUT2D eigenvalue weighted by atomic mass is 16.4. The van der Waals surface area contributed by atoms with Gasteiger partial charge in [0, 0.05) is 24.2 Å². The molecule has 6 nitrogen and oxygen atoms in total. The van der Waals surface area contributed by atoms with Gasteiger partial charge in [-0.25, -0.2) is 4.79 Å². The Labute approximate surface area is 117 Å². The molecule has 0 aliphatic rings. The summed E-state index contributed by atoms with van der Waals surface area (Å²) >= 11 is 0. The molecule has 0 radical (unpaired) electrons. The number of rotatable bonds is 7. The topological polar surface area (TPSA) is 98.7 Å². The smallest absolute Gasteiger partial charge is 0.339 e. The number of aromatic carboxylic acids is 1. The maximum absolute atomic E-state index is 11.7. The lowest BCUT2D eigenvalue weighted by Gasteiger charge is -2.09. The van der Waals surface area contributed by atoms with Crippen molar-refractivity contribution < 1.29 is 19.8 Å². The van der Waals surface area contributed by atoms with Crippen LogP contribution in [0, 0.1) is 0 Å². The van der Waals surface area contributed by atoms with E-state index >= 15 is 0 Å². The van der Waals surface area contributed by atoms with Crippen molar-refractivity contribution in [1.82, 2.24) is 5.32 Å². The zero-order valence-corrected chi connectivity index (χ0v) is 11.6. The van der Waals surface area contributed by atoms with Gasteiger partial charge in [-0.05, 0) is 25.1 Å². The van der Waals surface area contributed by atoms with Crippen molar-refractivity contribution in [1.29, 1.82) is 0 Å². The first-order valence-electron chi connectivity index (χ1n) is 6.49. The van der Waals surface area contributed by atoms with Gasteiger partial charge >= 0.3 is 5.97 Å². The third-order valence-electron chi connectivity index (χ3n) is 2.65. The first kappa shape index (κ1) is 16.0. The summed E-state index contributed by atoms with van der Waals surface area (Å²) < 4.78 is 0. The van der Waals surface area contributed by atoms with Crippen LogP contribution >= 0.6 is 0 Å². The zero-order valence-electron chi connectivity index (χ0n) is 11.6. The van der Waals surface area contributed by atoms with Crippen LogP contribution < -0.4 is 10.6 Å². The number of carboxylic acid groups (broad SMARTS) is 1. The van der Waals surface area contributed by atoms with Gasteiger partial charge in [-0.1, -0.05) is 13.8 Å². The first-order chi connectivity index (χ1) is 9.40. The Morgan fingerprint density at radius 2 is 2.00 bits per heavy atom. The summed E-state index contributed by atoms with van der Waals surface area (Å²) in [6.45, 7) is 4.83. The number of nitrogens with one attached hydrogen (secondary N) is 2. The minimum atomic E-state index is -1.21. The molecule has 1 rings (SSSR count). The molecule has 0 aliphatic heterocycles. The monoisotopic (exact) mass is 280 g/mol. The van der Waals surface area contributed by atoms with E-state index in [9.17, 15) is 14.7 Å². The quantitative estimate of drug-likeness (QED) is 0.571. The number of anilines is 1. The van der Waals surface area contributed by atoms with Crippen molar-refractivity contribution in [2.45, 2.75) is 32.7 Å². The predicted octanol–water partition coefficient (Wildman–Crippen LogP) is 1.81. The van der Waals surface area contributed by atoms with E-state index < -0.39 is 5.97 Å². The number of aromatic hydroxyl groups is 1. The molecule has 0 unspecified atom stereocenters. The molecule has 0 aromatic heterocycles. The lowest BCUT2D eigenvalue weighted by molar-refractivity contribution is -0.116. The van der Waals surface area contributed by atoms with Gasteiger partial charge in [-0.15, -0.1) is 0 Å². The molecule has 0 fully saturated rings. The number of phenols is 1. The summed E-state index contributed by atoms with van der Waals surface area (Å²) in [5.41, 5.74) is 0.193. The third kappa shape index (κ3) is 5.27. The van der Waals surface area contributed by atoms with Gasteiger partial charge in [0.25, 0.3) is 0 Å². The summed E-state index contributed by atoms with van der Waals surface area (Å²) in [6.07, 6.45) is 1.07. The summed E-state index contributed by atoms with van der Waals surface area (Å²) in [4.78, 5) is 22.4. The molecule has 0 aliphatic carbocycles. The molecule has 0 atom stereocenters. The Hall–Kier alpha value is -2.08. The maximum Gasteiger partial charge on any atom is 0.339 e. The molecule has 0 saturated heterocycles. The minimum Gasteiger partial charge on any atom is -0.507 e. The van der Waals surface area contributed by atoms with E-state index in [-0.39, 0.29) is 17.2 Å². The Morgan fingerprint density at radius 3 is 2.55 bits per heavy atom. The lowest BCUT2D eigenvalue weighted by atomic mass is 10.2. The SMILES string of the molecule is CC(C)NCCCC(=O)Nc1ccc(C(=O)O)c(O)c1. The Bertz CT molecular complexity index is 486. The van der Waals surface area contributed by atoms with Crippen molar-refractivity contribution in [3.05, 3.63) is 23.8 Å². The molecule has 1 amide bonds. The Morgan fingerprint density at radius 1 is 1.30 bits per heavy atom. The fourth-order valence-electron chi connectivity index (χ4n) is 1.65. The molecule has 1 aromatic rings. The highest BCUT2D eigenvalue weighted by Gasteiger charge is 2.10. The van der Waals surface area contributed by atoms with Gasteiger partial charge < -0.3 is 20.8 Å². The van der Waals surface area contributed by atoms with Gasteiger partial charge in [0.1, 0.15) is 11.3 Å². The molecule has 20 heavy (non-hydrogen) atoms. The second-order valence-corrected chi connectivity index (χ2v) is 4.80. The van der Waals surface area contributed by atoms with Crippen LogP contribution in [0.25, 0.3) is 0 Å². The van der Waals surface area contributed by atoms with Gasteiger partial charge in [-0.2, -0.15) is 0 Å². The van der Waals surface area contributed by atoms with Crippen LogP contribution in [0.5, 0.6) is 5.75 Å². The number of hydrogen-bond acceptors (Lipinski definition) is 4. The van der Waals surface area contributed by atoms with Crippen molar-refractivity contribution >= 4 is 17.6 Å². The van der Waals surface area contributed by atoms with E-state index in [2.05, 4.69) is 10.6 Å². The molecule has 4 N–H and O–H groups in total. The molecular weight excluding hydrogens is 260 g/mol. The number of carbonyl (C=O) groups is 2. The number of amides is 1. The predicted molar refractivity (Wildman–Crippen MR) is 76.1 cm³/mol. The molecule has 0 spiro atoms. The normalized spacial score (nSPS) is 10.6. The van der Waals surface area contributed by atoms with Crippen LogP contribution in [-0.2, 0) is 4.79 Å². The largest absolute Gasteiger partial charge is 0.507 e. The maximum atomic E-state index is 11.7. The van der Waals surface area contributed by atoms with E-state index in [1.54, 1.807) is 0 Å². The molecule has 0 heterocycles. The van der Waals surface area contributed by atoms with Crippen LogP contribution in [0.4, 0.5) is 5.69 Å². The molecule has 6 heteroatoms. The van der Waals surface area contributed by atoms with Crippen molar-refractivity contribution in [3.8, 4) is 5.75 Å². The average Bonchev–Trinajstić information content (AvgIpc) is 2.34. The van der Waals surface area contributed by atoms with E-state index in [4.69, 9.17) is 5.11 Å². The van der Waals surface area contributed by atoms with Gasteiger partial charge in [-0.3, -0.25) is 4.79 Å². The van der Waals surface area contributed by atoms with Crippen LogP contribution in [0.15, 0.2) is 18.2 Å². The van der Waals surface area contributed by atoms with Gasteiger partial charge in [0.05, 0.1) is 0 Å². The van der Waals surface area contributed by atoms with Crippen LogP contribution in [0.2, 0.25) is 0 Å². The van der Waals surface area contributed by atoms with E-state index in [1.165, 1.54) is 18.2 Å². The molecule has 1 aromatic carbocycles. The minimum absolute atomic E-state index is 0.168. The summed E-state index contributed by atoms with van der Waals surface area (Å²) in [5.74, 6) is -1.74. The van der Waals surface area contributed by atoms with Crippen molar-refractivity contribution in [3.63, 3.8) is 0 Å². The van der Waals surface area contributed by atoms with E-state index in [0.29, 0.717) is 24.6 Å². The number of hydrogen-bond donors (Lipinski definition) is 4. The van der Waals surface area contributed by atoms with E-state index in [0.717, 1.165) is 6.54 Å². The average molecular weight is 280 g/mol. The van der Waals surface area contributed by atoms with Crippen LogP contribution in [0.3, 0.4) is 0 Å². The number of benzene rings is 1. The van der Waals surface area contributed by atoms with Gasteiger partial charge in [0.2, 0.25) is 5.91 Å². The summed E-state index contributed by atoms with van der Waals surface area (Å²) in [7, 11) is 0. The second kappa shape index (κ2) is 7.49. The van der Waals surface area contributed by atoms with Crippen LogP contribution in [-0.4, -0.2) is 34.7 Å². The van der Waals surface area contributed by atoms with Crippen LogP contribution in [0.1, 0.15) is 37.0 Å². The lowest BCUT2D eigenvalue weighted by Crippen LogP contribution is -2.24. The fourth-order valence-corrected chi connectivity index (χ4v) is 1.65. The number of carboxylic acids is 1. The Kier molecular flexibility index (Phi) is 5.99. The zero-order chi connectivity index (χ0) is 15.1. The summed E-state index contributed by atoms with van der Waals surface area (Å²) in [6, 6.07) is 4.33. The molecule has 0 bridgehead atoms.